The van der Waals surface area contributed by atoms with E-state index in [4.69, 9.17) is 0 Å². The summed E-state index contributed by atoms with van der Waals surface area (Å²) in [5.41, 5.74) is 4.26. The molecule has 0 spiro atoms. The summed E-state index contributed by atoms with van der Waals surface area (Å²) in [4.78, 5) is 17.2. The van der Waals surface area contributed by atoms with E-state index in [0.29, 0.717) is 11.2 Å². The lowest BCUT2D eigenvalue weighted by Crippen LogP contribution is -2.32. The number of hydrogen-bond acceptors (Lipinski definition) is 3. The minimum Gasteiger partial charge on any atom is -0.349 e. The third-order valence-corrected chi connectivity index (χ3v) is 4.80. The number of carbonyl (C=O) groups excluding carboxylic acids is 1. The molecule has 4 rings (SSSR count). The van der Waals surface area contributed by atoms with Crippen LogP contribution in [-0.4, -0.2) is 26.5 Å². The van der Waals surface area contributed by atoms with Crippen molar-refractivity contribution in [3.05, 3.63) is 90.3 Å². The molecule has 140 valence electrons. The number of fused-ring (bicyclic) bond motifs is 1. The van der Waals surface area contributed by atoms with Gasteiger partial charge in [0.05, 0.1) is 11.9 Å². The van der Waals surface area contributed by atoms with Gasteiger partial charge in [0.25, 0.3) is 5.91 Å². The third-order valence-electron chi connectivity index (χ3n) is 4.80. The van der Waals surface area contributed by atoms with Crippen LogP contribution in [0.1, 0.15) is 29.3 Å². The number of aromatic nitrogens is 3. The van der Waals surface area contributed by atoms with Gasteiger partial charge in [-0.3, -0.25) is 4.79 Å². The lowest BCUT2D eigenvalue weighted by molar-refractivity contribution is 0.0940. The fourth-order valence-corrected chi connectivity index (χ4v) is 3.28. The molecule has 2 heterocycles. The topological polar surface area (TPSA) is 59.3 Å². The summed E-state index contributed by atoms with van der Waals surface area (Å²) in [6.07, 6.45) is 5.11. The fourth-order valence-electron chi connectivity index (χ4n) is 3.28. The predicted octanol–water partition coefficient (Wildman–Crippen LogP) is 4.15. The molecule has 0 bridgehead atoms. The van der Waals surface area contributed by atoms with E-state index in [1.807, 2.05) is 61.5 Å². The number of hydrogen-bond donors (Lipinski definition) is 1. The summed E-state index contributed by atoms with van der Waals surface area (Å²) in [5, 5.41) is 7.48. The van der Waals surface area contributed by atoms with Crippen LogP contribution in [0, 0.1) is 0 Å². The van der Waals surface area contributed by atoms with Crippen LogP contribution < -0.4 is 5.32 Å². The molecular formula is C23H22N4O. The first-order chi connectivity index (χ1) is 13.7. The molecule has 1 N–H and O–H groups in total. The highest BCUT2D eigenvalue weighted by Crippen LogP contribution is 2.20. The van der Waals surface area contributed by atoms with Gasteiger partial charge in [0.15, 0.2) is 5.65 Å². The third kappa shape index (κ3) is 3.78. The van der Waals surface area contributed by atoms with Crippen LogP contribution in [0.5, 0.6) is 0 Å². The van der Waals surface area contributed by atoms with E-state index >= 15 is 0 Å². The molecule has 0 aliphatic carbocycles. The minimum atomic E-state index is -0.145. The van der Waals surface area contributed by atoms with Crippen molar-refractivity contribution in [1.82, 2.24) is 19.9 Å². The average molecular weight is 370 g/mol. The predicted molar refractivity (Wildman–Crippen MR) is 110 cm³/mol. The van der Waals surface area contributed by atoms with E-state index in [0.717, 1.165) is 24.1 Å². The molecule has 2 aromatic carbocycles. The van der Waals surface area contributed by atoms with Gasteiger partial charge in [-0.25, -0.2) is 9.50 Å². The van der Waals surface area contributed by atoms with E-state index in [2.05, 4.69) is 27.5 Å². The Balaban J connectivity index is 1.50. The quantitative estimate of drug-likeness (QED) is 0.555. The maximum atomic E-state index is 12.8. The monoisotopic (exact) mass is 370 g/mol. The molecule has 0 saturated heterocycles. The summed E-state index contributed by atoms with van der Waals surface area (Å²) >= 11 is 0. The van der Waals surface area contributed by atoms with Crippen LogP contribution in [0.25, 0.3) is 16.9 Å². The van der Waals surface area contributed by atoms with Gasteiger partial charge in [-0.2, -0.15) is 5.10 Å². The van der Waals surface area contributed by atoms with Crippen molar-refractivity contribution in [2.24, 2.45) is 0 Å². The van der Waals surface area contributed by atoms with Crippen LogP contribution in [0.3, 0.4) is 0 Å². The SMILES string of the molecule is C[C@H](CCc1ccccc1)NC(=O)c1cnn2c(-c3ccccc3)ccnc12. The van der Waals surface area contributed by atoms with E-state index in [1.165, 1.54) is 5.56 Å². The molecule has 2 aromatic heterocycles. The molecule has 4 aromatic rings. The van der Waals surface area contributed by atoms with Gasteiger partial charge in [0, 0.05) is 17.8 Å². The van der Waals surface area contributed by atoms with E-state index in [1.54, 1.807) is 16.9 Å². The Bertz CT molecular complexity index is 1070. The zero-order valence-electron chi connectivity index (χ0n) is 15.7. The molecule has 0 radical (unpaired) electrons. The lowest BCUT2D eigenvalue weighted by atomic mass is 10.1. The standard InChI is InChI=1S/C23H22N4O/c1-17(12-13-18-8-4-2-5-9-18)26-23(28)20-16-25-27-21(14-15-24-22(20)27)19-10-6-3-7-11-19/h2-11,14-17H,12-13H2,1H3,(H,26,28)/t17-/m1/s1. The number of rotatable bonds is 6. The number of nitrogens with one attached hydrogen (secondary N) is 1. The number of benzene rings is 2. The molecule has 0 aliphatic heterocycles. The molecule has 5 nitrogen and oxygen atoms in total. The van der Waals surface area contributed by atoms with Gasteiger partial charge in [-0.1, -0.05) is 60.7 Å². The molecule has 28 heavy (non-hydrogen) atoms. The Morgan fingerprint density at radius 1 is 1.04 bits per heavy atom. The van der Waals surface area contributed by atoms with Crippen molar-refractivity contribution in [3.8, 4) is 11.3 Å². The van der Waals surface area contributed by atoms with Gasteiger partial charge in [0.1, 0.15) is 5.56 Å². The van der Waals surface area contributed by atoms with E-state index in [-0.39, 0.29) is 11.9 Å². The normalized spacial score (nSPS) is 12.0. The van der Waals surface area contributed by atoms with Crippen LogP contribution in [0.15, 0.2) is 79.1 Å². The average Bonchev–Trinajstić information content (AvgIpc) is 3.18. The first kappa shape index (κ1) is 17.9. The van der Waals surface area contributed by atoms with Crippen LogP contribution >= 0.6 is 0 Å². The molecule has 0 aliphatic rings. The molecule has 0 saturated carbocycles. The highest BCUT2D eigenvalue weighted by molar-refractivity contribution is 6.00. The zero-order valence-corrected chi connectivity index (χ0v) is 15.7. The largest absolute Gasteiger partial charge is 0.349 e. The molecular weight excluding hydrogens is 348 g/mol. The summed E-state index contributed by atoms with van der Waals surface area (Å²) in [6.45, 7) is 2.02. The molecule has 0 unspecified atom stereocenters. The fraction of sp³-hybridized carbons (Fsp3) is 0.174. The number of carbonyl (C=O) groups is 1. The molecule has 5 heteroatoms. The molecule has 1 atom stereocenters. The van der Waals surface area contributed by atoms with Gasteiger partial charge in [-0.05, 0) is 31.4 Å². The number of amides is 1. The van der Waals surface area contributed by atoms with Crippen LogP contribution in [-0.2, 0) is 6.42 Å². The minimum absolute atomic E-state index is 0.0555. The van der Waals surface area contributed by atoms with Gasteiger partial charge in [-0.15, -0.1) is 0 Å². The zero-order chi connectivity index (χ0) is 19.3. The van der Waals surface area contributed by atoms with Crippen molar-refractivity contribution in [3.63, 3.8) is 0 Å². The summed E-state index contributed by atoms with van der Waals surface area (Å²) in [5.74, 6) is -0.145. The Labute approximate surface area is 164 Å². The summed E-state index contributed by atoms with van der Waals surface area (Å²) in [7, 11) is 0. The van der Waals surface area contributed by atoms with Crippen LogP contribution in [0.2, 0.25) is 0 Å². The van der Waals surface area contributed by atoms with Crippen molar-refractivity contribution in [1.29, 1.82) is 0 Å². The lowest BCUT2D eigenvalue weighted by Gasteiger charge is -2.13. The Morgan fingerprint density at radius 2 is 1.75 bits per heavy atom. The van der Waals surface area contributed by atoms with Crippen molar-refractivity contribution in [2.75, 3.05) is 0 Å². The molecule has 1 amide bonds. The maximum Gasteiger partial charge on any atom is 0.256 e. The first-order valence-electron chi connectivity index (χ1n) is 9.45. The second-order valence-corrected chi connectivity index (χ2v) is 6.89. The molecule has 0 fully saturated rings. The Hall–Kier alpha value is -3.47. The Kier molecular flexibility index (Phi) is 5.15. The van der Waals surface area contributed by atoms with Gasteiger partial charge >= 0.3 is 0 Å². The van der Waals surface area contributed by atoms with Gasteiger partial charge in [0.2, 0.25) is 0 Å². The number of nitrogens with zero attached hydrogens (tertiary/aromatic N) is 3. The van der Waals surface area contributed by atoms with Crippen molar-refractivity contribution in [2.45, 2.75) is 25.8 Å². The summed E-state index contributed by atoms with van der Waals surface area (Å²) < 4.78 is 1.72. The van der Waals surface area contributed by atoms with E-state index < -0.39 is 0 Å². The number of aryl methyl sites for hydroxylation is 1. The second kappa shape index (κ2) is 8.05. The smallest absolute Gasteiger partial charge is 0.256 e. The maximum absolute atomic E-state index is 12.8. The first-order valence-corrected chi connectivity index (χ1v) is 9.45. The van der Waals surface area contributed by atoms with Gasteiger partial charge < -0.3 is 5.32 Å². The van der Waals surface area contributed by atoms with E-state index in [9.17, 15) is 4.79 Å². The summed E-state index contributed by atoms with van der Waals surface area (Å²) in [6, 6.07) is 22.2. The highest BCUT2D eigenvalue weighted by Gasteiger charge is 2.17. The van der Waals surface area contributed by atoms with Crippen molar-refractivity contribution < 1.29 is 4.79 Å². The Morgan fingerprint density at radius 3 is 2.50 bits per heavy atom. The highest BCUT2D eigenvalue weighted by atomic mass is 16.1. The second-order valence-electron chi connectivity index (χ2n) is 6.89. The van der Waals surface area contributed by atoms with Crippen molar-refractivity contribution >= 4 is 11.6 Å². The van der Waals surface area contributed by atoms with Crippen LogP contribution in [0.4, 0.5) is 0 Å².